The van der Waals surface area contributed by atoms with Gasteiger partial charge in [0.1, 0.15) is 0 Å². The molecular formula is C27H21N3O9S2. The molecule has 0 radical (unpaired) electrons. The molecule has 0 fully saturated rings. The lowest BCUT2D eigenvalue weighted by Gasteiger charge is -2.12. The summed E-state index contributed by atoms with van der Waals surface area (Å²) < 4.78 is 63.3. The first-order valence-electron chi connectivity index (χ1n) is 11.6. The molecule has 3 amide bonds. The van der Waals surface area contributed by atoms with E-state index >= 15 is 0 Å². The van der Waals surface area contributed by atoms with Crippen molar-refractivity contribution in [2.24, 2.45) is 0 Å². The molecule has 0 aliphatic carbocycles. The fraction of sp³-hybridized carbons (Fsp3) is 0. The molecule has 4 aromatic rings. The second-order valence-electron chi connectivity index (χ2n) is 8.53. The van der Waals surface area contributed by atoms with Gasteiger partial charge in [-0.2, -0.15) is 16.8 Å². The number of rotatable bonds is 8. The van der Waals surface area contributed by atoms with Gasteiger partial charge in [-0.15, -0.1) is 0 Å². The first kappa shape index (κ1) is 29.1. The van der Waals surface area contributed by atoms with Crippen LogP contribution >= 0.6 is 0 Å². The van der Waals surface area contributed by atoms with Gasteiger partial charge in [-0.05, 0) is 78.9 Å². The van der Waals surface area contributed by atoms with E-state index in [1.807, 2.05) is 0 Å². The molecule has 12 nitrogen and oxygen atoms in total. The molecule has 41 heavy (non-hydrogen) atoms. The minimum atomic E-state index is -4.44. The Kier molecular flexibility index (Phi) is 8.30. The van der Waals surface area contributed by atoms with Crippen LogP contribution in [0.25, 0.3) is 0 Å². The molecule has 14 heteroatoms. The third kappa shape index (κ3) is 7.61. The van der Waals surface area contributed by atoms with Gasteiger partial charge in [0.25, 0.3) is 38.0 Å². The van der Waals surface area contributed by atoms with Crippen LogP contribution in [0.4, 0.5) is 17.1 Å². The molecular weight excluding hydrogens is 574 g/mol. The monoisotopic (exact) mass is 595 g/mol. The summed E-state index contributed by atoms with van der Waals surface area (Å²) >= 11 is 0. The average Bonchev–Trinajstić information content (AvgIpc) is 2.93. The van der Waals surface area contributed by atoms with E-state index in [2.05, 4.69) is 16.0 Å². The molecule has 210 valence electrons. The van der Waals surface area contributed by atoms with E-state index in [1.54, 1.807) is 30.3 Å². The standard InChI is InChI=1S/C27H21N3O9S2/c31-25(28-20-4-2-1-3-5-20)17-14-18(26(32)29-21-6-10-23(11-7-21)40(34,35)36)16-19(15-17)27(33)30-22-8-12-24(13-9-22)41(37,38)39/h1-16H,(H,28,31)(H,29,32)(H,30,33)(H,34,35,36)(H,37,38,39). The number of nitrogens with one attached hydrogen (secondary N) is 3. The van der Waals surface area contributed by atoms with Crippen molar-refractivity contribution < 1.29 is 40.3 Å². The molecule has 0 aromatic heterocycles. The zero-order valence-electron chi connectivity index (χ0n) is 20.8. The number of carbonyl (C=O) groups excluding carboxylic acids is 3. The van der Waals surface area contributed by atoms with Crippen molar-refractivity contribution in [3.05, 3.63) is 114 Å². The van der Waals surface area contributed by atoms with E-state index in [0.29, 0.717) is 5.69 Å². The van der Waals surface area contributed by atoms with Crippen LogP contribution in [0.15, 0.2) is 107 Å². The second-order valence-corrected chi connectivity index (χ2v) is 11.4. The van der Waals surface area contributed by atoms with Gasteiger partial charge in [0.2, 0.25) is 0 Å². The average molecular weight is 596 g/mol. The van der Waals surface area contributed by atoms with Crippen molar-refractivity contribution >= 4 is 55.0 Å². The molecule has 4 aromatic carbocycles. The Balaban J connectivity index is 1.64. The minimum Gasteiger partial charge on any atom is -0.322 e. The summed E-state index contributed by atoms with van der Waals surface area (Å²) in [6.45, 7) is 0. The van der Waals surface area contributed by atoms with Gasteiger partial charge in [0.15, 0.2) is 0 Å². The first-order valence-corrected chi connectivity index (χ1v) is 14.5. The summed E-state index contributed by atoms with van der Waals surface area (Å²) in [6, 6.07) is 21.5. The lowest BCUT2D eigenvalue weighted by atomic mass is 10.0. The van der Waals surface area contributed by atoms with Crippen LogP contribution in [0.1, 0.15) is 31.1 Å². The van der Waals surface area contributed by atoms with Crippen molar-refractivity contribution in [2.45, 2.75) is 9.79 Å². The number of amides is 3. The quantitative estimate of drug-likeness (QED) is 0.187. The van der Waals surface area contributed by atoms with E-state index in [-0.39, 0.29) is 37.9 Å². The summed E-state index contributed by atoms with van der Waals surface area (Å²) in [5, 5.41) is 7.73. The van der Waals surface area contributed by atoms with Crippen LogP contribution in [0.5, 0.6) is 0 Å². The third-order valence-corrected chi connectivity index (χ3v) is 7.31. The van der Waals surface area contributed by atoms with Gasteiger partial charge < -0.3 is 16.0 Å². The molecule has 5 N–H and O–H groups in total. The molecule has 0 bridgehead atoms. The van der Waals surface area contributed by atoms with E-state index in [0.717, 1.165) is 24.3 Å². The maximum Gasteiger partial charge on any atom is 0.294 e. The highest BCUT2D eigenvalue weighted by Gasteiger charge is 2.18. The summed E-state index contributed by atoms with van der Waals surface area (Å²) in [5.74, 6) is -2.08. The van der Waals surface area contributed by atoms with Crippen LogP contribution in [0, 0.1) is 0 Å². The molecule has 0 spiro atoms. The van der Waals surface area contributed by atoms with Crippen LogP contribution in [-0.4, -0.2) is 43.7 Å². The van der Waals surface area contributed by atoms with Crippen LogP contribution in [-0.2, 0) is 20.2 Å². The van der Waals surface area contributed by atoms with Crippen molar-refractivity contribution in [3.8, 4) is 0 Å². The van der Waals surface area contributed by atoms with Crippen molar-refractivity contribution in [1.82, 2.24) is 0 Å². The lowest BCUT2D eigenvalue weighted by Crippen LogP contribution is -2.19. The van der Waals surface area contributed by atoms with Crippen LogP contribution < -0.4 is 16.0 Å². The van der Waals surface area contributed by atoms with Gasteiger partial charge in [-0.1, -0.05) is 18.2 Å². The maximum atomic E-state index is 13.1. The highest BCUT2D eigenvalue weighted by molar-refractivity contribution is 7.86. The van der Waals surface area contributed by atoms with Crippen molar-refractivity contribution in [2.75, 3.05) is 16.0 Å². The SMILES string of the molecule is O=C(Nc1ccccc1)c1cc(C(=O)Nc2ccc(S(=O)(=O)O)cc2)cc(C(=O)Nc2ccc(S(=O)(=O)O)cc2)c1. The summed E-state index contributed by atoms with van der Waals surface area (Å²) in [5.41, 5.74) is 0.608. The van der Waals surface area contributed by atoms with Crippen molar-refractivity contribution in [3.63, 3.8) is 0 Å². The summed E-state index contributed by atoms with van der Waals surface area (Å²) in [7, 11) is -8.87. The molecule has 0 saturated carbocycles. The predicted octanol–water partition coefficient (Wildman–Crippen LogP) is 3.94. The van der Waals surface area contributed by atoms with Gasteiger partial charge in [0, 0.05) is 33.8 Å². The number of anilines is 3. The topological polar surface area (TPSA) is 196 Å². The van der Waals surface area contributed by atoms with Gasteiger partial charge in [0.05, 0.1) is 9.79 Å². The smallest absolute Gasteiger partial charge is 0.294 e. The Morgan fingerprint density at radius 1 is 0.463 bits per heavy atom. The van der Waals surface area contributed by atoms with Gasteiger partial charge >= 0.3 is 0 Å². The largest absolute Gasteiger partial charge is 0.322 e. The number of hydrogen-bond acceptors (Lipinski definition) is 7. The zero-order chi connectivity index (χ0) is 29.8. The van der Waals surface area contributed by atoms with Gasteiger partial charge in [-0.25, -0.2) is 0 Å². The predicted molar refractivity (Wildman–Crippen MR) is 149 cm³/mol. The van der Waals surface area contributed by atoms with Crippen LogP contribution in [0.2, 0.25) is 0 Å². The lowest BCUT2D eigenvalue weighted by molar-refractivity contribution is 0.102. The summed E-state index contributed by atoms with van der Waals surface area (Å²) in [6.07, 6.45) is 0. The first-order chi connectivity index (χ1) is 19.3. The van der Waals surface area contributed by atoms with E-state index in [9.17, 15) is 31.2 Å². The number of carbonyl (C=O) groups is 3. The highest BCUT2D eigenvalue weighted by Crippen LogP contribution is 2.20. The Bertz CT molecular complexity index is 1730. The fourth-order valence-electron chi connectivity index (χ4n) is 3.57. The van der Waals surface area contributed by atoms with Crippen LogP contribution in [0.3, 0.4) is 0 Å². The zero-order valence-corrected chi connectivity index (χ0v) is 22.4. The number of para-hydroxylation sites is 1. The normalized spacial score (nSPS) is 11.4. The Morgan fingerprint density at radius 3 is 1.05 bits per heavy atom. The molecule has 4 rings (SSSR count). The molecule has 0 atom stereocenters. The molecule has 0 aliphatic rings. The number of hydrogen-bond donors (Lipinski definition) is 5. The van der Waals surface area contributed by atoms with E-state index in [1.165, 1.54) is 42.5 Å². The number of benzene rings is 4. The molecule has 0 unspecified atom stereocenters. The van der Waals surface area contributed by atoms with Gasteiger partial charge in [-0.3, -0.25) is 23.5 Å². The fourth-order valence-corrected chi connectivity index (χ4v) is 4.53. The summed E-state index contributed by atoms with van der Waals surface area (Å²) in [4.78, 5) is 38.4. The Hall–Kier alpha value is -4.89. The molecule has 0 heterocycles. The Labute approximate surface area is 234 Å². The highest BCUT2D eigenvalue weighted by atomic mass is 32.2. The Morgan fingerprint density at radius 2 is 0.756 bits per heavy atom. The maximum absolute atomic E-state index is 13.1. The van der Waals surface area contributed by atoms with E-state index in [4.69, 9.17) is 9.11 Å². The molecule has 0 aliphatic heterocycles. The molecule has 0 saturated heterocycles. The second kappa shape index (κ2) is 11.7. The van der Waals surface area contributed by atoms with E-state index < -0.39 is 38.0 Å². The minimum absolute atomic E-state index is 0.0323. The third-order valence-electron chi connectivity index (χ3n) is 5.57. The van der Waals surface area contributed by atoms with Crippen molar-refractivity contribution in [1.29, 1.82) is 0 Å².